The van der Waals surface area contributed by atoms with Crippen LogP contribution >= 0.6 is 0 Å². The largest absolute Gasteiger partial charge is 0.543 e. The summed E-state index contributed by atoms with van der Waals surface area (Å²) in [6.07, 6.45) is 3.78. The maximum Gasteiger partial charge on any atom is 0.242 e. The van der Waals surface area contributed by atoms with Crippen LogP contribution in [0.3, 0.4) is 0 Å². The molecule has 0 radical (unpaired) electrons. The lowest BCUT2D eigenvalue weighted by Crippen LogP contribution is -2.29. The zero-order valence-corrected chi connectivity index (χ0v) is 13.7. The van der Waals surface area contributed by atoms with Crippen LogP contribution in [0.4, 0.5) is 5.69 Å². The van der Waals surface area contributed by atoms with E-state index in [1.165, 1.54) is 0 Å². The first kappa shape index (κ1) is 14.5. The number of para-hydroxylation sites is 2. The van der Waals surface area contributed by atoms with Crippen molar-refractivity contribution in [1.29, 1.82) is 0 Å². The minimum absolute atomic E-state index is 0.856. The normalized spacial score (nSPS) is 12.6. The van der Waals surface area contributed by atoms with Gasteiger partial charge in [-0.25, -0.2) is 4.99 Å². The second kappa shape index (κ2) is 5.62. The van der Waals surface area contributed by atoms with Crippen molar-refractivity contribution in [3.63, 3.8) is 0 Å². The Morgan fingerprint density at radius 3 is 2.55 bits per heavy atom. The molecule has 0 aliphatic heterocycles. The fourth-order valence-electron chi connectivity index (χ4n) is 1.82. The standard InChI is InChI=1S/C15H21N3OSi/c1-12(13-10-16-18(2)11-13)17-14-8-6-7-9-15(14)19-20(3,4)5/h6-11H,1-5H3. The molecule has 5 heteroatoms. The molecule has 0 N–H and O–H groups in total. The Morgan fingerprint density at radius 1 is 1.25 bits per heavy atom. The van der Waals surface area contributed by atoms with Crippen LogP contribution in [0.1, 0.15) is 12.5 Å². The van der Waals surface area contributed by atoms with Gasteiger partial charge in [-0.1, -0.05) is 12.1 Å². The lowest BCUT2D eigenvalue weighted by Gasteiger charge is -2.20. The van der Waals surface area contributed by atoms with Gasteiger partial charge in [-0.3, -0.25) is 4.68 Å². The van der Waals surface area contributed by atoms with Gasteiger partial charge in [0.15, 0.2) is 0 Å². The van der Waals surface area contributed by atoms with Crippen LogP contribution < -0.4 is 4.43 Å². The molecule has 0 aliphatic carbocycles. The summed E-state index contributed by atoms with van der Waals surface area (Å²) in [6, 6.07) is 7.92. The third kappa shape index (κ3) is 3.80. The Balaban J connectivity index is 2.33. The van der Waals surface area contributed by atoms with Gasteiger partial charge in [0.05, 0.1) is 6.20 Å². The van der Waals surface area contributed by atoms with E-state index in [0.717, 1.165) is 22.7 Å². The Hall–Kier alpha value is -1.88. The fraction of sp³-hybridized carbons (Fsp3) is 0.333. The summed E-state index contributed by atoms with van der Waals surface area (Å²) in [6.45, 7) is 8.49. The SMILES string of the molecule is CC(=Nc1ccccc1O[Si](C)(C)C)c1cnn(C)c1. The van der Waals surface area contributed by atoms with Gasteiger partial charge in [-0.2, -0.15) is 5.10 Å². The Labute approximate surface area is 121 Å². The molecule has 0 aliphatic rings. The molecule has 0 bridgehead atoms. The number of aliphatic imine (C=N–C) groups is 1. The molecule has 0 spiro atoms. The maximum atomic E-state index is 6.09. The maximum absolute atomic E-state index is 6.09. The summed E-state index contributed by atoms with van der Waals surface area (Å²) in [5, 5.41) is 4.17. The first-order chi connectivity index (χ1) is 9.35. The molecule has 0 saturated heterocycles. The summed E-state index contributed by atoms with van der Waals surface area (Å²) < 4.78 is 7.86. The van der Waals surface area contributed by atoms with Gasteiger partial charge in [0.1, 0.15) is 11.4 Å². The van der Waals surface area contributed by atoms with Crippen molar-refractivity contribution in [2.24, 2.45) is 12.0 Å². The van der Waals surface area contributed by atoms with E-state index in [1.54, 1.807) is 4.68 Å². The van der Waals surface area contributed by atoms with Crippen molar-refractivity contribution in [3.8, 4) is 5.75 Å². The van der Waals surface area contributed by atoms with Crippen molar-refractivity contribution in [3.05, 3.63) is 42.2 Å². The van der Waals surface area contributed by atoms with Crippen LogP contribution in [0.25, 0.3) is 0 Å². The van der Waals surface area contributed by atoms with Crippen LogP contribution in [0, 0.1) is 0 Å². The average molecular weight is 287 g/mol. The van der Waals surface area contributed by atoms with E-state index in [1.807, 2.05) is 50.6 Å². The van der Waals surface area contributed by atoms with E-state index in [2.05, 4.69) is 29.7 Å². The van der Waals surface area contributed by atoms with Gasteiger partial charge in [-0.15, -0.1) is 0 Å². The van der Waals surface area contributed by atoms with Crippen molar-refractivity contribution in [1.82, 2.24) is 9.78 Å². The van der Waals surface area contributed by atoms with Gasteiger partial charge in [0.25, 0.3) is 0 Å². The number of aryl methyl sites for hydroxylation is 1. The molecule has 0 unspecified atom stereocenters. The number of benzene rings is 1. The third-order valence-corrected chi connectivity index (χ3v) is 3.52. The molecule has 0 amide bonds. The predicted octanol–water partition coefficient (Wildman–Crippen LogP) is 3.77. The van der Waals surface area contributed by atoms with Gasteiger partial charge in [-0.05, 0) is 38.7 Å². The highest BCUT2D eigenvalue weighted by Crippen LogP contribution is 2.29. The van der Waals surface area contributed by atoms with Crippen LogP contribution in [0.5, 0.6) is 5.75 Å². The molecule has 2 aromatic rings. The average Bonchev–Trinajstić information content (AvgIpc) is 2.77. The van der Waals surface area contributed by atoms with E-state index in [0.29, 0.717) is 0 Å². The van der Waals surface area contributed by atoms with Gasteiger partial charge < -0.3 is 4.43 Å². The Kier molecular flexibility index (Phi) is 4.08. The summed E-state index contributed by atoms with van der Waals surface area (Å²) in [4.78, 5) is 4.69. The molecule has 1 aromatic carbocycles. The van der Waals surface area contributed by atoms with Crippen LogP contribution in [-0.2, 0) is 7.05 Å². The van der Waals surface area contributed by atoms with Crippen molar-refractivity contribution in [2.45, 2.75) is 26.6 Å². The second-order valence-corrected chi connectivity index (χ2v) is 10.2. The van der Waals surface area contributed by atoms with E-state index in [9.17, 15) is 0 Å². The minimum atomic E-state index is -1.64. The first-order valence-electron chi connectivity index (χ1n) is 6.67. The topological polar surface area (TPSA) is 39.4 Å². The van der Waals surface area contributed by atoms with Crippen molar-refractivity contribution in [2.75, 3.05) is 0 Å². The summed E-state index contributed by atoms with van der Waals surface area (Å²) in [7, 11) is 0.260. The second-order valence-electron chi connectivity index (χ2n) is 5.78. The molecule has 2 rings (SSSR count). The zero-order valence-electron chi connectivity index (χ0n) is 12.7. The summed E-state index contributed by atoms with van der Waals surface area (Å²) in [5.74, 6) is 0.856. The molecule has 4 nitrogen and oxygen atoms in total. The van der Waals surface area contributed by atoms with Crippen molar-refractivity contribution >= 4 is 19.7 Å². The molecular formula is C15H21N3OSi. The monoisotopic (exact) mass is 287 g/mol. The molecule has 106 valence electrons. The fourth-order valence-corrected chi connectivity index (χ4v) is 2.65. The molecular weight excluding hydrogens is 266 g/mol. The van der Waals surface area contributed by atoms with Crippen LogP contribution in [-0.4, -0.2) is 23.8 Å². The Morgan fingerprint density at radius 2 is 1.95 bits per heavy atom. The number of rotatable bonds is 4. The highest BCUT2D eigenvalue weighted by molar-refractivity contribution is 6.70. The van der Waals surface area contributed by atoms with Gasteiger partial charge in [0, 0.05) is 24.5 Å². The molecule has 0 fully saturated rings. The summed E-state index contributed by atoms with van der Waals surface area (Å²) >= 11 is 0. The number of aromatic nitrogens is 2. The molecule has 0 saturated carbocycles. The number of hydrogen-bond acceptors (Lipinski definition) is 3. The third-order valence-electron chi connectivity index (χ3n) is 2.69. The predicted molar refractivity (Wildman–Crippen MR) is 85.5 cm³/mol. The van der Waals surface area contributed by atoms with E-state index in [-0.39, 0.29) is 0 Å². The first-order valence-corrected chi connectivity index (χ1v) is 10.1. The highest BCUT2D eigenvalue weighted by atomic mass is 28.4. The zero-order chi connectivity index (χ0) is 14.8. The minimum Gasteiger partial charge on any atom is -0.543 e. The lowest BCUT2D eigenvalue weighted by molar-refractivity contribution is 0.559. The number of hydrogen-bond donors (Lipinski definition) is 0. The Bertz CT molecular complexity index is 626. The molecule has 20 heavy (non-hydrogen) atoms. The van der Waals surface area contributed by atoms with E-state index >= 15 is 0 Å². The smallest absolute Gasteiger partial charge is 0.242 e. The van der Waals surface area contributed by atoms with Crippen LogP contribution in [0.2, 0.25) is 19.6 Å². The highest BCUT2D eigenvalue weighted by Gasteiger charge is 2.18. The lowest BCUT2D eigenvalue weighted by atomic mass is 10.2. The molecule has 0 atom stereocenters. The molecule has 1 aromatic heterocycles. The van der Waals surface area contributed by atoms with Gasteiger partial charge in [0.2, 0.25) is 8.32 Å². The van der Waals surface area contributed by atoms with Gasteiger partial charge >= 0.3 is 0 Å². The van der Waals surface area contributed by atoms with E-state index in [4.69, 9.17) is 4.43 Å². The number of nitrogens with zero attached hydrogens (tertiary/aromatic N) is 3. The summed E-state index contributed by atoms with van der Waals surface area (Å²) in [5.41, 5.74) is 2.83. The van der Waals surface area contributed by atoms with Crippen molar-refractivity contribution < 1.29 is 4.43 Å². The van der Waals surface area contributed by atoms with Crippen LogP contribution in [0.15, 0.2) is 41.7 Å². The van der Waals surface area contributed by atoms with E-state index < -0.39 is 8.32 Å². The molecule has 1 heterocycles. The quantitative estimate of drug-likeness (QED) is 0.634.